The van der Waals surface area contributed by atoms with Gasteiger partial charge >= 0.3 is 0 Å². The monoisotopic (exact) mass is 262 g/mol. The zero-order valence-electron chi connectivity index (χ0n) is 12.7. The smallest absolute Gasteiger partial charge is 0.251 e. The number of carbonyl (C=O) groups is 1. The molecule has 0 aromatic heterocycles. The van der Waals surface area contributed by atoms with Crippen molar-refractivity contribution in [2.24, 2.45) is 0 Å². The summed E-state index contributed by atoms with van der Waals surface area (Å²) in [5, 5.41) is 2.98. The van der Waals surface area contributed by atoms with Gasteiger partial charge in [-0.05, 0) is 46.8 Å². The minimum Gasteiger partial charge on any atom is -0.351 e. The van der Waals surface area contributed by atoms with Crippen LogP contribution in [0.3, 0.4) is 0 Å². The van der Waals surface area contributed by atoms with Crippen LogP contribution in [0.15, 0.2) is 24.3 Å². The third-order valence-electron chi connectivity index (χ3n) is 3.30. The lowest BCUT2D eigenvalue weighted by molar-refractivity contribution is 0.0939. The molecule has 19 heavy (non-hydrogen) atoms. The SMILES string of the molecule is Cc1ccc(C(=O)NCCN(C(C)C)C(C)C)cc1. The van der Waals surface area contributed by atoms with Crippen molar-refractivity contribution in [2.45, 2.75) is 46.7 Å². The van der Waals surface area contributed by atoms with Crippen LogP contribution in [0.25, 0.3) is 0 Å². The first kappa shape index (κ1) is 15.7. The van der Waals surface area contributed by atoms with Gasteiger partial charge in [0.1, 0.15) is 0 Å². The molecule has 0 aliphatic rings. The van der Waals surface area contributed by atoms with Crippen LogP contribution >= 0.6 is 0 Å². The molecule has 1 amide bonds. The second kappa shape index (κ2) is 7.29. The molecular formula is C16H26N2O. The normalized spacial score (nSPS) is 11.4. The van der Waals surface area contributed by atoms with Gasteiger partial charge in [0.15, 0.2) is 0 Å². The molecule has 1 aromatic rings. The van der Waals surface area contributed by atoms with Crippen molar-refractivity contribution in [3.8, 4) is 0 Å². The lowest BCUT2D eigenvalue weighted by atomic mass is 10.1. The zero-order valence-corrected chi connectivity index (χ0v) is 12.7. The Kier molecular flexibility index (Phi) is 6.03. The van der Waals surface area contributed by atoms with E-state index in [1.54, 1.807) is 0 Å². The summed E-state index contributed by atoms with van der Waals surface area (Å²) in [6.45, 7) is 12.3. The number of rotatable bonds is 6. The lowest BCUT2D eigenvalue weighted by Crippen LogP contribution is -2.42. The third kappa shape index (κ3) is 5.03. The molecule has 1 aromatic carbocycles. The van der Waals surface area contributed by atoms with E-state index in [4.69, 9.17) is 0 Å². The van der Waals surface area contributed by atoms with Gasteiger partial charge < -0.3 is 5.32 Å². The lowest BCUT2D eigenvalue weighted by Gasteiger charge is -2.30. The number of nitrogens with zero attached hydrogens (tertiary/aromatic N) is 1. The van der Waals surface area contributed by atoms with Gasteiger partial charge in [-0.1, -0.05) is 17.7 Å². The number of amides is 1. The Labute approximate surface area is 117 Å². The Hall–Kier alpha value is -1.35. The summed E-state index contributed by atoms with van der Waals surface area (Å²) in [6, 6.07) is 8.65. The van der Waals surface area contributed by atoms with Crippen LogP contribution in [-0.4, -0.2) is 36.0 Å². The molecule has 3 heteroatoms. The fraction of sp³-hybridized carbons (Fsp3) is 0.562. The summed E-state index contributed by atoms with van der Waals surface area (Å²) in [6.07, 6.45) is 0. The van der Waals surface area contributed by atoms with Crippen LogP contribution in [0.5, 0.6) is 0 Å². The molecule has 0 atom stereocenters. The van der Waals surface area contributed by atoms with E-state index in [0.717, 1.165) is 12.1 Å². The standard InChI is InChI=1S/C16H26N2O/c1-12(2)18(13(3)4)11-10-17-16(19)15-8-6-14(5)7-9-15/h6-9,12-13H,10-11H2,1-5H3,(H,17,19). The Bertz CT molecular complexity index is 388. The molecule has 1 N–H and O–H groups in total. The molecule has 0 aliphatic heterocycles. The molecule has 0 bridgehead atoms. The van der Waals surface area contributed by atoms with Crippen molar-refractivity contribution in [1.82, 2.24) is 10.2 Å². The van der Waals surface area contributed by atoms with Crippen molar-refractivity contribution >= 4 is 5.91 Å². The molecule has 0 fully saturated rings. The maximum atomic E-state index is 11.9. The van der Waals surface area contributed by atoms with Crippen LogP contribution in [-0.2, 0) is 0 Å². The van der Waals surface area contributed by atoms with Gasteiger partial charge in [-0.15, -0.1) is 0 Å². The number of aryl methyl sites for hydroxylation is 1. The number of hydrogen-bond acceptors (Lipinski definition) is 2. The van der Waals surface area contributed by atoms with Crippen LogP contribution in [0.4, 0.5) is 0 Å². The minimum atomic E-state index is 0.00691. The van der Waals surface area contributed by atoms with Crippen molar-refractivity contribution in [3.63, 3.8) is 0 Å². The van der Waals surface area contributed by atoms with E-state index in [1.165, 1.54) is 5.56 Å². The maximum Gasteiger partial charge on any atom is 0.251 e. The van der Waals surface area contributed by atoms with Crippen LogP contribution in [0, 0.1) is 6.92 Å². The van der Waals surface area contributed by atoms with E-state index in [9.17, 15) is 4.79 Å². The fourth-order valence-corrected chi connectivity index (χ4v) is 2.22. The van der Waals surface area contributed by atoms with Gasteiger partial charge in [-0.3, -0.25) is 9.69 Å². The highest BCUT2D eigenvalue weighted by atomic mass is 16.1. The minimum absolute atomic E-state index is 0.00691. The highest BCUT2D eigenvalue weighted by molar-refractivity contribution is 5.94. The van der Waals surface area contributed by atoms with Gasteiger partial charge in [-0.2, -0.15) is 0 Å². The van der Waals surface area contributed by atoms with E-state index in [-0.39, 0.29) is 5.91 Å². The summed E-state index contributed by atoms with van der Waals surface area (Å²) in [5.74, 6) is 0.00691. The van der Waals surface area contributed by atoms with Crippen LogP contribution < -0.4 is 5.32 Å². The molecule has 0 aliphatic carbocycles. The first-order valence-electron chi connectivity index (χ1n) is 7.02. The molecule has 3 nitrogen and oxygen atoms in total. The average Bonchev–Trinajstić information content (AvgIpc) is 2.34. The molecule has 1 rings (SSSR count). The summed E-state index contributed by atoms with van der Waals surface area (Å²) in [7, 11) is 0. The molecule has 0 heterocycles. The highest BCUT2D eigenvalue weighted by Gasteiger charge is 2.13. The zero-order chi connectivity index (χ0) is 14.4. The molecule has 0 saturated carbocycles. The van der Waals surface area contributed by atoms with E-state index in [0.29, 0.717) is 18.6 Å². The van der Waals surface area contributed by atoms with Crippen molar-refractivity contribution in [1.29, 1.82) is 0 Å². The number of benzene rings is 1. The molecule has 0 spiro atoms. The highest BCUT2D eigenvalue weighted by Crippen LogP contribution is 2.05. The van der Waals surface area contributed by atoms with Crippen LogP contribution in [0.1, 0.15) is 43.6 Å². The van der Waals surface area contributed by atoms with Crippen molar-refractivity contribution in [2.75, 3.05) is 13.1 Å². The summed E-state index contributed by atoms with van der Waals surface area (Å²) in [5.41, 5.74) is 1.90. The van der Waals surface area contributed by atoms with Gasteiger partial charge in [0.2, 0.25) is 0 Å². The van der Waals surface area contributed by atoms with E-state index >= 15 is 0 Å². The summed E-state index contributed by atoms with van der Waals surface area (Å²) < 4.78 is 0. The van der Waals surface area contributed by atoms with E-state index in [1.807, 2.05) is 31.2 Å². The molecule has 106 valence electrons. The van der Waals surface area contributed by atoms with E-state index < -0.39 is 0 Å². The van der Waals surface area contributed by atoms with Gasteiger partial charge in [-0.25, -0.2) is 0 Å². The molecular weight excluding hydrogens is 236 g/mol. The first-order chi connectivity index (χ1) is 8.91. The molecule has 0 radical (unpaired) electrons. The largest absolute Gasteiger partial charge is 0.351 e. The number of nitrogens with one attached hydrogen (secondary N) is 1. The van der Waals surface area contributed by atoms with Gasteiger partial charge in [0.05, 0.1) is 0 Å². The Morgan fingerprint density at radius 3 is 2.11 bits per heavy atom. The van der Waals surface area contributed by atoms with Crippen molar-refractivity contribution < 1.29 is 4.79 Å². The maximum absolute atomic E-state index is 11.9. The predicted molar refractivity (Wildman–Crippen MR) is 80.5 cm³/mol. The Morgan fingerprint density at radius 1 is 1.11 bits per heavy atom. The number of hydrogen-bond donors (Lipinski definition) is 1. The van der Waals surface area contributed by atoms with Gasteiger partial charge in [0, 0.05) is 30.7 Å². The first-order valence-corrected chi connectivity index (χ1v) is 7.02. The van der Waals surface area contributed by atoms with Gasteiger partial charge in [0.25, 0.3) is 5.91 Å². The van der Waals surface area contributed by atoms with E-state index in [2.05, 4.69) is 37.9 Å². The Morgan fingerprint density at radius 2 is 1.63 bits per heavy atom. The quantitative estimate of drug-likeness (QED) is 0.855. The summed E-state index contributed by atoms with van der Waals surface area (Å²) >= 11 is 0. The molecule has 0 saturated heterocycles. The average molecular weight is 262 g/mol. The van der Waals surface area contributed by atoms with Crippen LogP contribution in [0.2, 0.25) is 0 Å². The predicted octanol–water partition coefficient (Wildman–Crippen LogP) is 2.84. The summed E-state index contributed by atoms with van der Waals surface area (Å²) in [4.78, 5) is 14.3. The third-order valence-corrected chi connectivity index (χ3v) is 3.30. The second-order valence-corrected chi connectivity index (χ2v) is 5.55. The second-order valence-electron chi connectivity index (χ2n) is 5.55. The Balaban J connectivity index is 2.44. The number of carbonyl (C=O) groups excluding carboxylic acids is 1. The fourth-order valence-electron chi connectivity index (χ4n) is 2.22. The van der Waals surface area contributed by atoms with Crippen molar-refractivity contribution in [3.05, 3.63) is 35.4 Å². The molecule has 0 unspecified atom stereocenters. The topological polar surface area (TPSA) is 32.3 Å².